The standard InChI is InChI=1S/C26H41O5P/c1-10-11-22-25(14-18(23(4,5)6)20(27)12-16(25)2)30-32(29)31-26(22)15-19(24(7,8)9)21(28)13-17(26)3/h12-13,22,27-29H,10-11,14-15H2,1-9H3. The molecular formula is C26H41O5P. The van der Waals surface area contributed by atoms with Crippen LogP contribution in [0.2, 0.25) is 0 Å². The molecule has 2 aliphatic carbocycles. The zero-order chi connectivity index (χ0) is 24.3. The van der Waals surface area contributed by atoms with Gasteiger partial charge in [-0.1, -0.05) is 54.9 Å². The lowest BCUT2D eigenvalue weighted by Gasteiger charge is -2.58. The third-order valence-electron chi connectivity index (χ3n) is 7.53. The summed E-state index contributed by atoms with van der Waals surface area (Å²) in [5, 5.41) is 21.6. The largest absolute Gasteiger partial charge is 0.508 e. The average molecular weight is 465 g/mol. The summed E-state index contributed by atoms with van der Waals surface area (Å²) in [4.78, 5) is 11.0. The molecule has 6 heteroatoms. The Morgan fingerprint density at radius 1 is 0.875 bits per heavy atom. The van der Waals surface area contributed by atoms with Crippen LogP contribution in [0, 0.1) is 16.7 Å². The Labute approximate surface area is 194 Å². The van der Waals surface area contributed by atoms with Gasteiger partial charge < -0.3 is 24.2 Å². The van der Waals surface area contributed by atoms with Gasteiger partial charge in [-0.05, 0) is 65.5 Å². The minimum absolute atomic E-state index is 0.0886. The molecule has 0 aromatic carbocycles. The molecule has 2 unspecified atom stereocenters. The van der Waals surface area contributed by atoms with Crippen molar-refractivity contribution >= 4 is 8.60 Å². The Hall–Kier alpha value is -1.13. The fourth-order valence-electron chi connectivity index (χ4n) is 5.67. The molecule has 180 valence electrons. The molecule has 0 bridgehead atoms. The summed E-state index contributed by atoms with van der Waals surface area (Å²) in [6.45, 7) is 18.7. The number of aliphatic hydroxyl groups is 2. The van der Waals surface area contributed by atoms with Crippen LogP contribution in [0.4, 0.5) is 0 Å². The van der Waals surface area contributed by atoms with E-state index in [9.17, 15) is 15.1 Å². The first kappa shape index (κ1) is 25.5. The summed E-state index contributed by atoms with van der Waals surface area (Å²) in [6.07, 6.45) is 6.40. The SMILES string of the molecule is CCCC1C2(CC(C(C)(C)C)=C(O)C=C2C)OP(O)OC12CC(C(C)(C)C)=C(O)C=C2C. The van der Waals surface area contributed by atoms with Gasteiger partial charge in [0.05, 0.1) is 0 Å². The molecule has 0 aromatic heterocycles. The Bertz CT molecular complexity index is 828. The molecule has 1 fully saturated rings. The predicted octanol–water partition coefficient (Wildman–Crippen LogP) is 7.56. The molecule has 3 N–H and O–H groups in total. The molecule has 3 aliphatic rings. The number of allylic oxidation sites excluding steroid dienone is 2. The summed E-state index contributed by atoms with van der Waals surface area (Å²) in [6, 6.07) is 0. The number of aliphatic hydroxyl groups excluding tert-OH is 2. The van der Waals surface area contributed by atoms with Gasteiger partial charge >= 0.3 is 8.60 Å². The summed E-state index contributed by atoms with van der Waals surface area (Å²) >= 11 is 0. The van der Waals surface area contributed by atoms with Crippen LogP contribution in [-0.4, -0.2) is 26.3 Å². The quantitative estimate of drug-likeness (QED) is 0.367. The Morgan fingerprint density at radius 3 is 1.56 bits per heavy atom. The maximum absolute atomic E-state index is 11.0. The molecule has 1 aliphatic heterocycles. The van der Waals surface area contributed by atoms with Gasteiger partial charge in [0.1, 0.15) is 22.7 Å². The highest BCUT2D eigenvalue weighted by atomic mass is 31.2. The predicted molar refractivity (Wildman–Crippen MR) is 130 cm³/mol. The van der Waals surface area contributed by atoms with Crippen LogP contribution in [-0.2, 0) is 9.05 Å². The Balaban J connectivity index is 2.22. The van der Waals surface area contributed by atoms with Crippen LogP contribution >= 0.6 is 8.60 Å². The molecule has 0 radical (unpaired) electrons. The third kappa shape index (κ3) is 4.11. The van der Waals surface area contributed by atoms with E-state index in [4.69, 9.17) is 9.05 Å². The van der Waals surface area contributed by atoms with Crippen LogP contribution in [0.1, 0.15) is 88.0 Å². The summed E-state index contributed by atoms with van der Waals surface area (Å²) < 4.78 is 12.7. The average Bonchev–Trinajstić information content (AvgIpc) is 2.62. The van der Waals surface area contributed by atoms with E-state index in [0.717, 1.165) is 35.1 Å². The minimum Gasteiger partial charge on any atom is -0.508 e. The highest BCUT2D eigenvalue weighted by Crippen LogP contribution is 2.65. The van der Waals surface area contributed by atoms with Gasteiger partial charge in [-0.3, -0.25) is 0 Å². The monoisotopic (exact) mass is 464 g/mol. The van der Waals surface area contributed by atoms with Crippen molar-refractivity contribution in [3.05, 3.63) is 46.0 Å². The van der Waals surface area contributed by atoms with E-state index in [1.807, 2.05) is 26.0 Å². The van der Waals surface area contributed by atoms with Crippen molar-refractivity contribution < 1.29 is 24.2 Å². The van der Waals surface area contributed by atoms with Crippen LogP contribution in [0.15, 0.2) is 46.0 Å². The van der Waals surface area contributed by atoms with Crippen LogP contribution in [0.25, 0.3) is 0 Å². The highest BCUT2D eigenvalue weighted by Gasteiger charge is 2.62. The van der Waals surface area contributed by atoms with Crippen LogP contribution < -0.4 is 0 Å². The molecule has 3 rings (SSSR count). The summed E-state index contributed by atoms with van der Waals surface area (Å²) in [5.41, 5.74) is 1.62. The lowest BCUT2D eigenvalue weighted by Crippen LogP contribution is -2.60. The van der Waals surface area contributed by atoms with Gasteiger partial charge in [0.25, 0.3) is 0 Å². The maximum Gasteiger partial charge on any atom is 0.331 e. The highest BCUT2D eigenvalue weighted by molar-refractivity contribution is 7.40. The van der Waals surface area contributed by atoms with Crippen molar-refractivity contribution in [2.75, 3.05) is 0 Å². The number of hydrogen-bond donors (Lipinski definition) is 3. The van der Waals surface area contributed by atoms with Crippen molar-refractivity contribution in [2.24, 2.45) is 16.7 Å². The van der Waals surface area contributed by atoms with Crippen molar-refractivity contribution in [1.82, 2.24) is 0 Å². The second-order valence-corrected chi connectivity index (χ2v) is 12.6. The number of rotatable bonds is 2. The van der Waals surface area contributed by atoms with Crippen LogP contribution in [0.5, 0.6) is 0 Å². The van der Waals surface area contributed by atoms with E-state index in [2.05, 4.69) is 48.5 Å². The normalized spacial score (nSPS) is 34.3. The smallest absolute Gasteiger partial charge is 0.331 e. The van der Waals surface area contributed by atoms with E-state index in [1.165, 1.54) is 0 Å². The van der Waals surface area contributed by atoms with Gasteiger partial charge in [-0.15, -0.1) is 0 Å². The first-order chi connectivity index (χ1) is 14.6. The first-order valence-electron chi connectivity index (χ1n) is 11.7. The summed E-state index contributed by atoms with van der Waals surface area (Å²) in [7, 11) is -2.15. The Morgan fingerprint density at radius 2 is 1.25 bits per heavy atom. The molecule has 5 nitrogen and oxygen atoms in total. The molecule has 0 saturated carbocycles. The zero-order valence-electron chi connectivity index (χ0n) is 21.2. The van der Waals surface area contributed by atoms with Crippen LogP contribution in [0.3, 0.4) is 0 Å². The second-order valence-electron chi connectivity index (χ2n) is 11.8. The molecule has 1 heterocycles. The van der Waals surface area contributed by atoms with Crippen molar-refractivity contribution in [3.63, 3.8) is 0 Å². The Kier molecular flexibility index (Phi) is 6.59. The van der Waals surface area contributed by atoms with Crippen molar-refractivity contribution in [1.29, 1.82) is 0 Å². The van der Waals surface area contributed by atoms with Gasteiger partial charge in [0, 0.05) is 18.8 Å². The molecular weight excluding hydrogens is 423 g/mol. The molecule has 32 heavy (non-hydrogen) atoms. The van der Waals surface area contributed by atoms with E-state index in [1.54, 1.807) is 0 Å². The van der Waals surface area contributed by atoms with E-state index >= 15 is 0 Å². The molecule has 0 amide bonds. The topological polar surface area (TPSA) is 79.2 Å². The molecule has 2 spiro atoms. The van der Waals surface area contributed by atoms with Gasteiger partial charge in [-0.25, -0.2) is 0 Å². The lowest BCUT2D eigenvalue weighted by molar-refractivity contribution is -0.126. The van der Waals surface area contributed by atoms with Gasteiger partial charge in [-0.2, -0.15) is 0 Å². The van der Waals surface area contributed by atoms with Gasteiger partial charge in [0.15, 0.2) is 0 Å². The second kappa shape index (κ2) is 8.27. The van der Waals surface area contributed by atoms with Crippen molar-refractivity contribution in [2.45, 2.75) is 99.2 Å². The molecule has 2 atom stereocenters. The van der Waals surface area contributed by atoms with Gasteiger partial charge in [0.2, 0.25) is 0 Å². The molecule has 1 saturated heterocycles. The lowest BCUT2D eigenvalue weighted by atomic mass is 9.58. The fraction of sp³-hybridized carbons (Fsp3) is 0.692. The van der Waals surface area contributed by atoms with Crippen molar-refractivity contribution in [3.8, 4) is 0 Å². The third-order valence-corrected chi connectivity index (χ3v) is 8.50. The fourth-order valence-corrected chi connectivity index (χ4v) is 6.94. The maximum atomic E-state index is 11.0. The zero-order valence-corrected chi connectivity index (χ0v) is 22.1. The number of hydrogen-bond acceptors (Lipinski definition) is 5. The summed E-state index contributed by atoms with van der Waals surface area (Å²) in [5.74, 6) is 0.506. The van der Waals surface area contributed by atoms with E-state index in [0.29, 0.717) is 24.4 Å². The molecule has 0 aromatic rings. The minimum atomic E-state index is -2.15. The van der Waals surface area contributed by atoms with E-state index in [-0.39, 0.29) is 16.7 Å². The first-order valence-corrected chi connectivity index (χ1v) is 12.8. The van der Waals surface area contributed by atoms with E-state index < -0.39 is 19.8 Å².